The maximum absolute atomic E-state index is 9.20. The van der Waals surface area contributed by atoms with E-state index in [9.17, 15) is 5.26 Å². The Balaban J connectivity index is 2.16. The third-order valence-electron chi connectivity index (χ3n) is 6.87. The molecular formula is C31H50N2. The fraction of sp³-hybridized carbons (Fsp3) is 0.645. The van der Waals surface area contributed by atoms with E-state index in [1.165, 1.54) is 77.0 Å². The minimum atomic E-state index is -0.0155. The molecule has 1 fully saturated rings. The molecule has 0 aromatic rings. The van der Waals surface area contributed by atoms with Crippen molar-refractivity contribution >= 4 is 0 Å². The van der Waals surface area contributed by atoms with E-state index >= 15 is 0 Å². The Morgan fingerprint density at radius 3 is 2.36 bits per heavy atom. The van der Waals surface area contributed by atoms with Gasteiger partial charge in [0.2, 0.25) is 0 Å². The average Bonchev–Trinajstić information content (AvgIpc) is 3.26. The van der Waals surface area contributed by atoms with E-state index in [-0.39, 0.29) is 6.04 Å². The van der Waals surface area contributed by atoms with Gasteiger partial charge in [-0.3, -0.25) is 0 Å². The first kappa shape index (κ1) is 29.0. The molecule has 184 valence electrons. The highest BCUT2D eigenvalue weighted by atomic mass is 14.9. The topological polar surface area (TPSA) is 35.8 Å². The van der Waals surface area contributed by atoms with E-state index in [4.69, 9.17) is 0 Å². The Bertz CT molecular complexity index is 729. The Kier molecular flexibility index (Phi) is 15.4. The van der Waals surface area contributed by atoms with Crippen LogP contribution in [-0.2, 0) is 0 Å². The molecule has 0 heterocycles. The molecule has 0 aliphatic heterocycles. The molecule has 1 N–H and O–H groups in total. The van der Waals surface area contributed by atoms with Gasteiger partial charge in [0.15, 0.2) is 0 Å². The molecule has 2 heteroatoms. The van der Waals surface area contributed by atoms with Gasteiger partial charge in [-0.15, -0.1) is 6.58 Å². The van der Waals surface area contributed by atoms with E-state index in [0.717, 1.165) is 37.0 Å². The van der Waals surface area contributed by atoms with Gasteiger partial charge in [0.05, 0.1) is 12.1 Å². The predicted molar refractivity (Wildman–Crippen MR) is 146 cm³/mol. The number of nitrogens with one attached hydrogen (secondary N) is 1. The van der Waals surface area contributed by atoms with Crippen LogP contribution in [0.2, 0.25) is 0 Å². The van der Waals surface area contributed by atoms with Crippen LogP contribution < -0.4 is 5.32 Å². The van der Waals surface area contributed by atoms with Gasteiger partial charge < -0.3 is 5.32 Å². The van der Waals surface area contributed by atoms with Crippen LogP contribution in [0.1, 0.15) is 124 Å². The van der Waals surface area contributed by atoms with Gasteiger partial charge in [-0.2, -0.15) is 5.26 Å². The highest BCUT2D eigenvalue weighted by molar-refractivity contribution is 5.27. The van der Waals surface area contributed by atoms with Crippen molar-refractivity contribution in [1.29, 1.82) is 5.26 Å². The van der Waals surface area contributed by atoms with Crippen LogP contribution >= 0.6 is 0 Å². The molecule has 0 radical (unpaired) electrons. The first-order chi connectivity index (χ1) is 15.9. The van der Waals surface area contributed by atoms with Crippen molar-refractivity contribution in [3.63, 3.8) is 0 Å². The van der Waals surface area contributed by atoms with Crippen molar-refractivity contribution in [2.45, 2.75) is 130 Å². The molecule has 1 atom stereocenters. The molecule has 0 aromatic carbocycles. The molecule has 0 bridgehead atoms. The molecular weight excluding hydrogens is 400 g/mol. The van der Waals surface area contributed by atoms with E-state index in [1.54, 1.807) is 16.7 Å². The molecule has 1 aliphatic carbocycles. The number of rotatable bonds is 18. The highest BCUT2D eigenvalue weighted by Crippen LogP contribution is 2.33. The number of hydrogen-bond acceptors (Lipinski definition) is 2. The molecule has 1 aliphatic rings. The molecule has 1 saturated carbocycles. The summed E-state index contributed by atoms with van der Waals surface area (Å²) < 4.78 is 0. The van der Waals surface area contributed by atoms with Crippen molar-refractivity contribution in [2.75, 3.05) is 0 Å². The quantitative estimate of drug-likeness (QED) is 0.128. The average molecular weight is 451 g/mol. The number of nitrogens with zero attached hydrogens (tertiary/aromatic N) is 1. The Morgan fingerprint density at radius 1 is 0.970 bits per heavy atom. The van der Waals surface area contributed by atoms with Gasteiger partial charge in [-0.05, 0) is 84.5 Å². The molecule has 0 aromatic heterocycles. The van der Waals surface area contributed by atoms with Crippen LogP contribution in [0.3, 0.4) is 0 Å². The van der Waals surface area contributed by atoms with Crippen LogP contribution in [0.5, 0.6) is 0 Å². The standard InChI is InChI=1S/C31H50N2/c1-7-8-13-16-26(4)30-21-20-29(23-30)18-15-12-10-9-11-14-17-28(6)33-31(27(5)24-32)22-19-25(2)3/h18,31,33H,2,5-17,19-23H2,1,3-4H3/b29-18-,30-26-. The zero-order valence-corrected chi connectivity index (χ0v) is 22.0. The summed E-state index contributed by atoms with van der Waals surface area (Å²) in [5.74, 6) is 0. The minimum absolute atomic E-state index is 0.0155. The maximum Gasteiger partial charge on any atom is 0.0962 e. The third-order valence-corrected chi connectivity index (χ3v) is 6.87. The summed E-state index contributed by atoms with van der Waals surface area (Å²) in [5, 5.41) is 12.6. The van der Waals surface area contributed by atoms with Crippen LogP contribution in [0.25, 0.3) is 0 Å². The van der Waals surface area contributed by atoms with Crippen LogP contribution in [0.15, 0.2) is 59.4 Å². The van der Waals surface area contributed by atoms with Crippen molar-refractivity contribution in [3.05, 3.63) is 59.4 Å². The fourth-order valence-corrected chi connectivity index (χ4v) is 4.56. The summed E-state index contributed by atoms with van der Waals surface area (Å²) in [7, 11) is 0. The minimum Gasteiger partial charge on any atom is -0.381 e. The Hall–Kier alpha value is -2.01. The molecule has 0 saturated heterocycles. The maximum atomic E-state index is 9.20. The number of unbranched alkanes of at least 4 members (excludes halogenated alkanes) is 7. The molecule has 0 spiro atoms. The second kappa shape index (κ2) is 17.5. The van der Waals surface area contributed by atoms with Crippen molar-refractivity contribution in [1.82, 2.24) is 5.32 Å². The van der Waals surface area contributed by atoms with Gasteiger partial charge in [0, 0.05) is 11.3 Å². The SMILES string of the molecule is C=C(C)CCC(NC(=C)CCCCCCC/C=C1/CC/C(=C(\C)CCCCC)C1)C(=C)C#N. The van der Waals surface area contributed by atoms with Gasteiger partial charge in [0.25, 0.3) is 0 Å². The second-order valence-electron chi connectivity index (χ2n) is 10.1. The van der Waals surface area contributed by atoms with Gasteiger partial charge >= 0.3 is 0 Å². The summed E-state index contributed by atoms with van der Waals surface area (Å²) in [4.78, 5) is 0. The third kappa shape index (κ3) is 13.3. The summed E-state index contributed by atoms with van der Waals surface area (Å²) in [6.07, 6.45) is 22.0. The summed E-state index contributed by atoms with van der Waals surface area (Å²) in [6, 6.07) is 2.18. The summed E-state index contributed by atoms with van der Waals surface area (Å²) >= 11 is 0. The van der Waals surface area contributed by atoms with Crippen molar-refractivity contribution in [3.8, 4) is 6.07 Å². The van der Waals surface area contributed by atoms with Crippen LogP contribution in [0, 0.1) is 11.3 Å². The lowest BCUT2D eigenvalue weighted by atomic mass is 10.0. The van der Waals surface area contributed by atoms with Crippen LogP contribution in [-0.4, -0.2) is 6.04 Å². The van der Waals surface area contributed by atoms with E-state index in [0.29, 0.717) is 5.57 Å². The van der Waals surface area contributed by atoms with E-state index < -0.39 is 0 Å². The molecule has 1 unspecified atom stereocenters. The lowest BCUT2D eigenvalue weighted by Gasteiger charge is -2.20. The number of allylic oxidation sites excluding steroid dienone is 6. The first-order valence-corrected chi connectivity index (χ1v) is 13.4. The predicted octanol–water partition coefficient (Wildman–Crippen LogP) is 9.63. The Morgan fingerprint density at radius 2 is 1.67 bits per heavy atom. The van der Waals surface area contributed by atoms with E-state index in [1.807, 2.05) is 6.92 Å². The monoisotopic (exact) mass is 450 g/mol. The molecule has 33 heavy (non-hydrogen) atoms. The fourth-order valence-electron chi connectivity index (χ4n) is 4.56. The van der Waals surface area contributed by atoms with Gasteiger partial charge in [0.1, 0.15) is 0 Å². The lowest BCUT2D eigenvalue weighted by Crippen LogP contribution is -2.29. The second-order valence-corrected chi connectivity index (χ2v) is 10.1. The molecule has 1 rings (SSSR count). The van der Waals surface area contributed by atoms with Crippen molar-refractivity contribution in [2.24, 2.45) is 0 Å². The number of nitriles is 1. The number of hydrogen-bond donors (Lipinski definition) is 1. The van der Waals surface area contributed by atoms with Crippen molar-refractivity contribution < 1.29 is 0 Å². The van der Waals surface area contributed by atoms with Gasteiger partial charge in [-0.25, -0.2) is 0 Å². The van der Waals surface area contributed by atoms with Gasteiger partial charge in [-0.1, -0.05) is 80.6 Å². The zero-order valence-electron chi connectivity index (χ0n) is 22.0. The summed E-state index contributed by atoms with van der Waals surface area (Å²) in [5.41, 5.74) is 7.83. The largest absolute Gasteiger partial charge is 0.381 e. The lowest BCUT2D eigenvalue weighted by molar-refractivity contribution is 0.561. The molecule has 2 nitrogen and oxygen atoms in total. The Labute approximate surface area is 205 Å². The molecule has 0 amide bonds. The zero-order chi connectivity index (χ0) is 24.5. The smallest absolute Gasteiger partial charge is 0.0962 e. The first-order valence-electron chi connectivity index (χ1n) is 13.4. The highest BCUT2D eigenvalue weighted by Gasteiger charge is 2.14. The summed E-state index contributed by atoms with van der Waals surface area (Å²) in [6.45, 7) is 18.7. The normalized spacial score (nSPS) is 17.0. The van der Waals surface area contributed by atoms with E-state index in [2.05, 4.69) is 51.0 Å². The van der Waals surface area contributed by atoms with Crippen LogP contribution in [0.4, 0.5) is 0 Å².